The smallest absolute Gasteiger partial charge is 0.0320 e. The van der Waals surface area contributed by atoms with Gasteiger partial charge in [0.1, 0.15) is 0 Å². The number of hydrogen-bond acceptors (Lipinski definition) is 0. The van der Waals surface area contributed by atoms with Gasteiger partial charge >= 0.3 is 0 Å². The van der Waals surface area contributed by atoms with Crippen LogP contribution in [0.5, 0.6) is 0 Å². The van der Waals surface area contributed by atoms with Crippen molar-refractivity contribution >= 4 is 0 Å². The van der Waals surface area contributed by atoms with Crippen LogP contribution in [0, 0.1) is 0 Å². The normalized spacial score (nSPS) is 12.9. The highest BCUT2D eigenvalue weighted by Crippen LogP contribution is 2.15. The molecule has 0 aromatic heterocycles. The summed E-state index contributed by atoms with van der Waals surface area (Å²) in [6.45, 7) is 9.07. The largest absolute Gasteiger partial charge is 0.0747 e. The van der Waals surface area contributed by atoms with E-state index >= 15 is 0 Å². The minimum Gasteiger partial charge on any atom is -0.0747 e. The van der Waals surface area contributed by atoms with Gasteiger partial charge in [-0.1, -0.05) is 50.7 Å². The molecule has 0 N–H and O–H groups in total. The summed E-state index contributed by atoms with van der Waals surface area (Å²) >= 11 is 0. The van der Waals surface area contributed by atoms with E-state index in [2.05, 4.69) is 27.7 Å². The molecule has 0 unspecified atom stereocenters. The highest BCUT2D eigenvalue weighted by atomic mass is 14.0. The number of allylic oxidation sites excluding steroid dienone is 2. The van der Waals surface area contributed by atoms with Crippen LogP contribution >= 0.6 is 0 Å². The molecule has 0 aliphatic heterocycles. The van der Waals surface area contributed by atoms with Crippen LogP contribution in [0.3, 0.4) is 0 Å². The molecule has 13 heavy (non-hydrogen) atoms. The van der Waals surface area contributed by atoms with Gasteiger partial charge in [0, 0.05) is 0 Å². The maximum atomic E-state index is 2.29. The highest BCUT2D eigenvalue weighted by molar-refractivity contribution is 5.08. The molecule has 0 atom stereocenters. The van der Waals surface area contributed by atoms with Crippen molar-refractivity contribution in [2.24, 2.45) is 0 Å². The summed E-state index contributed by atoms with van der Waals surface area (Å²) in [5, 5.41) is 0. The second kappa shape index (κ2) is 8.34. The van der Waals surface area contributed by atoms with Crippen LogP contribution in [0.15, 0.2) is 11.1 Å². The fraction of sp³-hybridized carbons (Fsp3) is 0.846. The van der Waals surface area contributed by atoms with E-state index in [4.69, 9.17) is 0 Å². The van der Waals surface area contributed by atoms with Crippen LogP contribution in [-0.4, -0.2) is 0 Å². The van der Waals surface area contributed by atoms with E-state index in [0.717, 1.165) is 0 Å². The Morgan fingerprint density at radius 2 is 1.38 bits per heavy atom. The maximum Gasteiger partial charge on any atom is -0.0320 e. The third-order valence-corrected chi connectivity index (χ3v) is 2.91. The van der Waals surface area contributed by atoms with Gasteiger partial charge in [0.25, 0.3) is 0 Å². The quantitative estimate of drug-likeness (QED) is 0.380. The van der Waals surface area contributed by atoms with Crippen molar-refractivity contribution in [3.05, 3.63) is 11.1 Å². The molecule has 0 aromatic rings. The van der Waals surface area contributed by atoms with Crippen LogP contribution in [0.4, 0.5) is 0 Å². The zero-order valence-electron chi connectivity index (χ0n) is 9.95. The predicted molar refractivity (Wildman–Crippen MR) is 62.0 cm³/mol. The molecule has 78 valence electrons. The first kappa shape index (κ1) is 12.7. The van der Waals surface area contributed by atoms with Crippen molar-refractivity contribution < 1.29 is 0 Å². The van der Waals surface area contributed by atoms with Crippen LogP contribution in [-0.2, 0) is 0 Å². The van der Waals surface area contributed by atoms with E-state index < -0.39 is 0 Å². The van der Waals surface area contributed by atoms with E-state index in [0.29, 0.717) is 0 Å². The Morgan fingerprint density at radius 1 is 0.769 bits per heavy atom. The van der Waals surface area contributed by atoms with Crippen LogP contribution in [0.2, 0.25) is 0 Å². The summed E-state index contributed by atoms with van der Waals surface area (Å²) in [4.78, 5) is 0. The van der Waals surface area contributed by atoms with Crippen molar-refractivity contribution in [2.75, 3.05) is 0 Å². The Labute approximate surface area is 84.4 Å². The Bertz CT molecular complexity index is 142. The van der Waals surface area contributed by atoms with Gasteiger partial charge in [-0.2, -0.15) is 0 Å². The van der Waals surface area contributed by atoms with Crippen molar-refractivity contribution in [1.82, 2.24) is 0 Å². The first-order chi connectivity index (χ1) is 6.22. The minimum absolute atomic E-state index is 1.22. The molecule has 0 aliphatic rings. The molecule has 0 fully saturated rings. The average molecular weight is 182 g/mol. The summed E-state index contributed by atoms with van der Waals surface area (Å²) < 4.78 is 0. The standard InChI is InChI=1S/C13H26/c1-5-7-8-9-10-11-13(4)12(3)6-2/h5-11H2,1-4H3/b13-12+. The molecular formula is C13H26. The van der Waals surface area contributed by atoms with Crippen molar-refractivity contribution in [1.29, 1.82) is 0 Å². The van der Waals surface area contributed by atoms with Gasteiger partial charge in [-0.05, 0) is 33.1 Å². The van der Waals surface area contributed by atoms with Gasteiger partial charge in [-0.15, -0.1) is 0 Å². The second-order valence-electron chi connectivity index (χ2n) is 4.08. The number of hydrogen-bond donors (Lipinski definition) is 0. The molecule has 0 saturated carbocycles. The van der Waals surface area contributed by atoms with E-state index in [-0.39, 0.29) is 0 Å². The molecule has 0 heterocycles. The zero-order chi connectivity index (χ0) is 10.1. The monoisotopic (exact) mass is 182 g/mol. The van der Waals surface area contributed by atoms with Crippen LogP contribution in [0.25, 0.3) is 0 Å². The van der Waals surface area contributed by atoms with Gasteiger partial charge in [0.05, 0.1) is 0 Å². The van der Waals surface area contributed by atoms with E-state index in [1.807, 2.05) is 0 Å². The molecule has 0 radical (unpaired) electrons. The second-order valence-corrected chi connectivity index (χ2v) is 4.08. The molecule has 0 saturated heterocycles. The summed E-state index contributed by atoms with van der Waals surface area (Å²) in [5.41, 5.74) is 3.22. The maximum absolute atomic E-state index is 2.29. The van der Waals surface area contributed by atoms with Gasteiger partial charge in [0.15, 0.2) is 0 Å². The zero-order valence-corrected chi connectivity index (χ0v) is 9.95. The Hall–Kier alpha value is -0.260. The van der Waals surface area contributed by atoms with E-state index in [9.17, 15) is 0 Å². The first-order valence-electron chi connectivity index (χ1n) is 5.87. The lowest BCUT2D eigenvalue weighted by molar-refractivity contribution is 0.628. The topological polar surface area (TPSA) is 0 Å². The lowest BCUT2D eigenvalue weighted by Crippen LogP contribution is -1.85. The van der Waals surface area contributed by atoms with E-state index in [1.54, 1.807) is 11.1 Å². The van der Waals surface area contributed by atoms with Crippen LogP contribution in [0.1, 0.15) is 72.6 Å². The molecular weight excluding hydrogens is 156 g/mol. The van der Waals surface area contributed by atoms with Crippen LogP contribution < -0.4 is 0 Å². The number of unbranched alkanes of at least 4 members (excludes halogenated alkanes) is 4. The Morgan fingerprint density at radius 3 is 1.92 bits per heavy atom. The minimum atomic E-state index is 1.22. The third-order valence-electron chi connectivity index (χ3n) is 2.91. The lowest BCUT2D eigenvalue weighted by Gasteiger charge is -2.05. The number of rotatable bonds is 7. The van der Waals surface area contributed by atoms with Crippen molar-refractivity contribution in [3.8, 4) is 0 Å². The summed E-state index contributed by atoms with van der Waals surface area (Å²) in [7, 11) is 0. The van der Waals surface area contributed by atoms with Gasteiger partial charge < -0.3 is 0 Å². The summed E-state index contributed by atoms with van der Waals surface area (Å²) in [6, 6.07) is 0. The SMILES string of the molecule is CCCCCCC/C(C)=C(\C)CC. The van der Waals surface area contributed by atoms with Gasteiger partial charge in [-0.25, -0.2) is 0 Å². The molecule has 0 heteroatoms. The molecule has 0 bridgehead atoms. The van der Waals surface area contributed by atoms with E-state index in [1.165, 1.54) is 44.9 Å². The van der Waals surface area contributed by atoms with Gasteiger partial charge in [-0.3, -0.25) is 0 Å². The third kappa shape index (κ3) is 6.86. The fourth-order valence-corrected chi connectivity index (χ4v) is 1.51. The lowest BCUT2D eigenvalue weighted by atomic mass is 10.0. The first-order valence-corrected chi connectivity index (χ1v) is 5.87. The Kier molecular flexibility index (Phi) is 8.18. The average Bonchev–Trinajstić information content (AvgIpc) is 2.16. The molecule has 0 aliphatic carbocycles. The molecule has 0 rings (SSSR count). The molecule has 0 spiro atoms. The molecule has 0 amide bonds. The molecule has 0 aromatic carbocycles. The summed E-state index contributed by atoms with van der Waals surface area (Å²) in [6.07, 6.45) is 9.54. The molecule has 0 nitrogen and oxygen atoms in total. The van der Waals surface area contributed by atoms with Gasteiger partial charge in [0.2, 0.25) is 0 Å². The Balaban J connectivity index is 3.42. The van der Waals surface area contributed by atoms with Crippen molar-refractivity contribution in [2.45, 2.75) is 72.6 Å². The fourth-order valence-electron chi connectivity index (χ4n) is 1.51. The predicted octanol–water partition coefficient (Wildman–Crippen LogP) is 5.09. The van der Waals surface area contributed by atoms with Crippen molar-refractivity contribution in [3.63, 3.8) is 0 Å². The highest BCUT2D eigenvalue weighted by Gasteiger charge is 1.95. The summed E-state index contributed by atoms with van der Waals surface area (Å²) in [5.74, 6) is 0.